The topological polar surface area (TPSA) is 80.3 Å². The van der Waals surface area contributed by atoms with Gasteiger partial charge in [0.2, 0.25) is 0 Å². The fourth-order valence-electron chi connectivity index (χ4n) is 5.90. The van der Waals surface area contributed by atoms with Crippen molar-refractivity contribution in [2.45, 2.75) is 70.2 Å². The number of carbonyl (C=O) groups is 1. The molecule has 1 amide bonds. The Kier molecular flexibility index (Phi) is 11.4. The molecule has 2 aliphatic rings. The third-order valence-corrected chi connectivity index (χ3v) is 8.21. The molecule has 3 unspecified atom stereocenters. The normalized spacial score (nSPS) is 21.4. The van der Waals surface area contributed by atoms with Crippen LogP contribution >= 0.6 is 0 Å². The second kappa shape index (κ2) is 15.8. The maximum Gasteiger partial charge on any atom is 0.407 e. The quantitative estimate of drug-likeness (QED) is 0.248. The molecule has 2 heterocycles. The van der Waals surface area contributed by atoms with E-state index in [1.807, 2.05) is 30.3 Å². The Bertz CT molecular complexity index is 1320. The van der Waals surface area contributed by atoms with Gasteiger partial charge in [0, 0.05) is 25.1 Å². The number of nitrogens with zero attached hydrogens (tertiary/aromatic N) is 1. The van der Waals surface area contributed by atoms with Crippen LogP contribution in [0.4, 0.5) is 4.79 Å². The molecule has 7 heteroatoms. The number of benzene rings is 3. The summed E-state index contributed by atoms with van der Waals surface area (Å²) in [6.07, 6.45) is 7.73. The molecule has 2 N–H and O–H groups in total. The highest BCUT2D eigenvalue weighted by Gasteiger charge is 2.33. The molecule has 2 aliphatic heterocycles. The van der Waals surface area contributed by atoms with Crippen molar-refractivity contribution in [1.82, 2.24) is 10.2 Å². The highest BCUT2D eigenvalue weighted by atomic mass is 16.7. The van der Waals surface area contributed by atoms with Crippen molar-refractivity contribution in [2.75, 3.05) is 26.2 Å². The zero-order chi connectivity index (χ0) is 29.9. The molecule has 43 heavy (non-hydrogen) atoms. The van der Waals surface area contributed by atoms with E-state index < -0.39 is 12.4 Å². The van der Waals surface area contributed by atoms with Crippen LogP contribution < -0.4 is 5.32 Å². The lowest BCUT2D eigenvalue weighted by Gasteiger charge is -2.39. The second-order valence-corrected chi connectivity index (χ2v) is 11.5. The zero-order valence-electron chi connectivity index (χ0n) is 25.0. The van der Waals surface area contributed by atoms with E-state index in [2.05, 4.69) is 59.3 Å². The summed E-state index contributed by atoms with van der Waals surface area (Å²) in [4.78, 5) is 14.4. The van der Waals surface area contributed by atoms with Crippen LogP contribution in [0, 0.1) is 0 Å². The van der Waals surface area contributed by atoms with Gasteiger partial charge in [-0.25, -0.2) is 4.79 Å². The Balaban J connectivity index is 1.34. The summed E-state index contributed by atoms with van der Waals surface area (Å²) in [5, 5.41) is 12.3. The molecular weight excluding hydrogens is 540 g/mol. The summed E-state index contributed by atoms with van der Waals surface area (Å²) in [5.41, 5.74) is 6.04. The molecule has 0 aromatic heterocycles. The molecule has 0 radical (unpaired) electrons. The average molecular weight is 585 g/mol. The summed E-state index contributed by atoms with van der Waals surface area (Å²) in [6.45, 7) is 7.27. The van der Waals surface area contributed by atoms with Gasteiger partial charge in [0.1, 0.15) is 6.61 Å². The summed E-state index contributed by atoms with van der Waals surface area (Å²) >= 11 is 0. The van der Waals surface area contributed by atoms with E-state index in [1.165, 1.54) is 32.1 Å². The predicted octanol–water partition coefficient (Wildman–Crippen LogP) is 7.07. The van der Waals surface area contributed by atoms with Crippen LogP contribution in [0.3, 0.4) is 0 Å². The molecule has 3 aromatic carbocycles. The monoisotopic (exact) mass is 584 g/mol. The van der Waals surface area contributed by atoms with Crippen molar-refractivity contribution in [3.8, 4) is 11.1 Å². The zero-order valence-corrected chi connectivity index (χ0v) is 25.0. The van der Waals surface area contributed by atoms with E-state index in [4.69, 9.17) is 14.2 Å². The largest absolute Gasteiger partial charge is 0.445 e. The average Bonchev–Trinajstić information content (AvgIpc) is 3.04. The van der Waals surface area contributed by atoms with E-state index in [1.54, 1.807) is 6.08 Å². The van der Waals surface area contributed by atoms with Crippen LogP contribution in [-0.2, 0) is 27.4 Å². The van der Waals surface area contributed by atoms with Crippen molar-refractivity contribution in [1.29, 1.82) is 0 Å². The van der Waals surface area contributed by atoms with Gasteiger partial charge in [0.15, 0.2) is 6.29 Å². The molecule has 0 aliphatic carbocycles. The lowest BCUT2D eigenvalue weighted by molar-refractivity contribution is -0.253. The fourth-order valence-corrected chi connectivity index (χ4v) is 5.90. The number of nitrogens with one attached hydrogen (secondary N) is 1. The molecule has 0 bridgehead atoms. The van der Waals surface area contributed by atoms with Gasteiger partial charge in [-0.05, 0) is 65.9 Å². The number of hydrogen-bond acceptors (Lipinski definition) is 6. The number of aliphatic hydroxyl groups is 1. The van der Waals surface area contributed by atoms with Crippen LogP contribution in [0.5, 0.6) is 0 Å². The van der Waals surface area contributed by atoms with Gasteiger partial charge in [-0.3, -0.25) is 0 Å². The molecule has 3 atom stereocenters. The Morgan fingerprint density at radius 1 is 0.907 bits per heavy atom. The molecule has 2 fully saturated rings. The number of ether oxygens (including phenoxy) is 3. The smallest absolute Gasteiger partial charge is 0.407 e. The standard InChI is InChI=1S/C36H44N2O5/c1-2-20-41-36(40)37-24-28-10-8-11-30(21-28)31-12-9-13-32(22-31)35-42-33(25-38-18-6-4-3-5-7-19-38)23-34(43-35)29-16-14-27(26-39)15-17-29/h2,8-17,21-22,33-35,39H,1,3-7,18-20,23-26H2,(H,37,40). The van der Waals surface area contributed by atoms with E-state index in [0.29, 0.717) is 6.54 Å². The highest BCUT2D eigenvalue weighted by Crippen LogP contribution is 2.39. The summed E-state index contributed by atoms with van der Waals surface area (Å²) in [7, 11) is 0. The maximum atomic E-state index is 11.9. The van der Waals surface area contributed by atoms with E-state index in [-0.39, 0.29) is 25.4 Å². The number of hydrogen-bond donors (Lipinski definition) is 2. The maximum absolute atomic E-state index is 11.9. The van der Waals surface area contributed by atoms with Crippen LogP contribution in [0.15, 0.2) is 85.5 Å². The Morgan fingerprint density at radius 2 is 1.63 bits per heavy atom. The van der Waals surface area contributed by atoms with Crippen molar-refractivity contribution in [3.05, 3.63) is 108 Å². The first-order chi connectivity index (χ1) is 21.1. The van der Waals surface area contributed by atoms with Crippen molar-refractivity contribution >= 4 is 6.09 Å². The van der Waals surface area contributed by atoms with E-state index >= 15 is 0 Å². The molecule has 2 saturated heterocycles. The Hall–Kier alpha value is -3.49. The summed E-state index contributed by atoms with van der Waals surface area (Å²) in [6, 6.07) is 24.5. The molecule has 7 nitrogen and oxygen atoms in total. The number of alkyl carbamates (subject to hydrolysis) is 1. The van der Waals surface area contributed by atoms with Crippen molar-refractivity contribution in [3.63, 3.8) is 0 Å². The molecule has 3 aromatic rings. The van der Waals surface area contributed by atoms with E-state index in [0.717, 1.165) is 59.4 Å². The second-order valence-electron chi connectivity index (χ2n) is 11.5. The van der Waals surface area contributed by atoms with Gasteiger partial charge in [-0.1, -0.05) is 92.6 Å². The van der Waals surface area contributed by atoms with Crippen LogP contribution in [0.1, 0.15) is 73.2 Å². The summed E-state index contributed by atoms with van der Waals surface area (Å²) < 4.78 is 18.3. The van der Waals surface area contributed by atoms with Crippen LogP contribution in [0.25, 0.3) is 11.1 Å². The van der Waals surface area contributed by atoms with Crippen molar-refractivity contribution in [2.24, 2.45) is 0 Å². The minimum absolute atomic E-state index is 0.0264. The minimum Gasteiger partial charge on any atom is -0.445 e. The SMILES string of the molecule is C=CCOC(=O)NCc1cccc(-c2cccc(C3OC(CN4CCCCCCC4)CC(c4ccc(CO)cc4)O3)c2)c1. The van der Waals surface area contributed by atoms with Crippen molar-refractivity contribution < 1.29 is 24.1 Å². The first kappa shape index (κ1) is 31.0. The number of rotatable bonds is 10. The third-order valence-electron chi connectivity index (χ3n) is 8.21. The minimum atomic E-state index is -0.500. The first-order valence-corrected chi connectivity index (χ1v) is 15.5. The molecule has 0 saturated carbocycles. The number of carbonyl (C=O) groups excluding carboxylic acids is 1. The molecule has 228 valence electrons. The highest BCUT2D eigenvalue weighted by molar-refractivity contribution is 5.68. The molecular formula is C36H44N2O5. The van der Waals surface area contributed by atoms with Gasteiger partial charge in [0.25, 0.3) is 0 Å². The molecule has 5 rings (SSSR count). The van der Waals surface area contributed by atoms with Crippen LogP contribution in [-0.4, -0.2) is 48.4 Å². The molecule has 0 spiro atoms. The number of amides is 1. The Labute approximate surface area is 255 Å². The van der Waals surface area contributed by atoms with Gasteiger partial charge in [-0.15, -0.1) is 0 Å². The lowest BCUT2D eigenvalue weighted by Crippen LogP contribution is -2.40. The van der Waals surface area contributed by atoms with Gasteiger partial charge >= 0.3 is 6.09 Å². The van der Waals surface area contributed by atoms with Gasteiger partial charge < -0.3 is 29.5 Å². The number of aliphatic hydroxyl groups excluding tert-OH is 1. The number of likely N-dealkylation sites (tertiary alicyclic amines) is 1. The van der Waals surface area contributed by atoms with Gasteiger partial charge in [-0.2, -0.15) is 0 Å². The van der Waals surface area contributed by atoms with Crippen LogP contribution in [0.2, 0.25) is 0 Å². The first-order valence-electron chi connectivity index (χ1n) is 15.5. The van der Waals surface area contributed by atoms with Gasteiger partial charge in [0.05, 0.1) is 18.8 Å². The summed E-state index contributed by atoms with van der Waals surface area (Å²) in [5.74, 6) is 0. The lowest BCUT2D eigenvalue weighted by atomic mass is 9.98. The third kappa shape index (κ3) is 9.00. The fraction of sp³-hybridized carbons (Fsp3) is 0.417. The Morgan fingerprint density at radius 3 is 2.37 bits per heavy atom. The predicted molar refractivity (Wildman–Crippen MR) is 168 cm³/mol. The van der Waals surface area contributed by atoms with E-state index in [9.17, 15) is 9.90 Å².